The number of esters is 3. The fourth-order valence-electron chi connectivity index (χ4n) is 5.94. The molecular weight excluding hydrogens is 715 g/mol. The first-order valence-corrected chi connectivity index (χ1v) is 22.1. The zero-order valence-corrected chi connectivity index (χ0v) is 35.9. The topological polar surface area (TPSA) is 108 Å². The maximum Gasteiger partial charge on any atom is 0.345 e. The number of nitrogens with one attached hydrogen (secondary N) is 1. The van der Waals surface area contributed by atoms with Crippen molar-refractivity contribution in [1.29, 1.82) is 0 Å². The van der Waals surface area contributed by atoms with Crippen LogP contribution in [0.1, 0.15) is 192 Å². The highest BCUT2D eigenvalue weighted by molar-refractivity contribution is 5.97. The molecule has 0 aliphatic heterocycles. The molecule has 1 rings (SSSR count). The molecule has 0 spiro atoms. The summed E-state index contributed by atoms with van der Waals surface area (Å²) in [7, 11) is 0. The molecule has 0 heterocycles. The van der Waals surface area contributed by atoms with Gasteiger partial charge in [0.05, 0.1) is 0 Å². The van der Waals surface area contributed by atoms with Crippen molar-refractivity contribution in [1.82, 2.24) is 0 Å². The molecule has 1 amide bonds. The number of allylic oxidation sites excluding steroid dienone is 10. The van der Waals surface area contributed by atoms with Crippen molar-refractivity contribution in [3.05, 3.63) is 84.5 Å². The molecule has 0 saturated heterocycles. The number of rotatable bonds is 34. The molecule has 0 bridgehead atoms. The van der Waals surface area contributed by atoms with Gasteiger partial charge in [0.15, 0.2) is 0 Å². The van der Waals surface area contributed by atoms with Crippen molar-refractivity contribution >= 4 is 29.5 Å². The Bertz CT molecular complexity index is 1390. The number of hydrogen-bond acceptors (Lipinski definition) is 7. The van der Waals surface area contributed by atoms with Crippen molar-refractivity contribution in [2.75, 3.05) is 5.32 Å². The summed E-state index contributed by atoms with van der Waals surface area (Å²) < 4.78 is 16.4. The molecule has 1 atom stereocenters. The van der Waals surface area contributed by atoms with E-state index in [1.54, 1.807) is 6.07 Å². The van der Waals surface area contributed by atoms with Gasteiger partial charge in [0, 0.05) is 31.9 Å². The van der Waals surface area contributed by atoms with Crippen molar-refractivity contribution in [3.63, 3.8) is 0 Å². The van der Waals surface area contributed by atoms with Crippen LogP contribution in [0.5, 0.6) is 5.75 Å². The lowest BCUT2D eigenvalue weighted by Crippen LogP contribution is -2.22. The fourth-order valence-corrected chi connectivity index (χ4v) is 5.94. The van der Waals surface area contributed by atoms with Gasteiger partial charge in [-0.05, 0) is 76.0 Å². The van der Waals surface area contributed by atoms with E-state index in [0.29, 0.717) is 31.4 Å². The lowest BCUT2D eigenvalue weighted by Gasteiger charge is -2.16. The minimum atomic E-state index is -1.14. The average molecular weight is 790 g/mol. The van der Waals surface area contributed by atoms with E-state index in [-0.39, 0.29) is 30.1 Å². The van der Waals surface area contributed by atoms with Crippen molar-refractivity contribution < 1.29 is 33.4 Å². The standard InChI is InChI=1S/C49H75NO7/c1-5-8-11-14-16-18-19-20-21-22-23-24-25-27-28-31-33-36-46(51)50-43-39-40-45(57-48(53)38-35-32-29-26-17-15-12-9-6-2)44(41-43)49(54)56-42(4)55-47(52)37-34-30-13-10-7-3/h8,11,16,18,20-21,23-24,27-28,39-42H,5-7,9-10,12-15,17,19,22,25-26,29-38H2,1-4H3,(H,50,51)/b11-8-,18-16-,21-20-,24-23-,28-27-. The highest BCUT2D eigenvalue weighted by atomic mass is 16.7. The van der Waals surface area contributed by atoms with Gasteiger partial charge < -0.3 is 19.5 Å². The molecule has 0 aliphatic rings. The Labute approximate surface area is 345 Å². The highest BCUT2D eigenvalue weighted by Gasteiger charge is 2.22. The number of carbonyl (C=O) groups is 4. The van der Waals surface area contributed by atoms with Gasteiger partial charge in [0.1, 0.15) is 11.3 Å². The van der Waals surface area contributed by atoms with Crippen LogP contribution in [0.15, 0.2) is 79.0 Å². The van der Waals surface area contributed by atoms with Gasteiger partial charge in [0.25, 0.3) is 0 Å². The third-order valence-electron chi connectivity index (χ3n) is 9.18. The lowest BCUT2D eigenvalue weighted by atomic mass is 10.1. The quantitative estimate of drug-likeness (QED) is 0.0243. The zero-order chi connectivity index (χ0) is 41.6. The van der Waals surface area contributed by atoms with E-state index < -0.39 is 24.2 Å². The van der Waals surface area contributed by atoms with E-state index in [1.165, 1.54) is 51.2 Å². The first-order chi connectivity index (χ1) is 27.8. The smallest absolute Gasteiger partial charge is 0.345 e. The van der Waals surface area contributed by atoms with Crippen LogP contribution in [0.4, 0.5) is 5.69 Å². The molecule has 8 nitrogen and oxygen atoms in total. The van der Waals surface area contributed by atoms with E-state index in [2.05, 4.69) is 86.8 Å². The van der Waals surface area contributed by atoms with Crippen molar-refractivity contribution in [2.24, 2.45) is 0 Å². The summed E-state index contributed by atoms with van der Waals surface area (Å²) in [5.74, 6) is -1.87. The van der Waals surface area contributed by atoms with Crippen molar-refractivity contribution in [3.8, 4) is 5.75 Å². The second-order valence-electron chi connectivity index (χ2n) is 14.5. The Balaban J connectivity index is 2.66. The van der Waals surface area contributed by atoms with Gasteiger partial charge in [0.2, 0.25) is 12.2 Å². The number of carbonyl (C=O) groups excluding carboxylic acids is 4. The minimum absolute atomic E-state index is 0.0329. The minimum Gasteiger partial charge on any atom is -0.426 e. The fraction of sp³-hybridized carbons (Fsp3) is 0.592. The largest absolute Gasteiger partial charge is 0.426 e. The summed E-state index contributed by atoms with van der Waals surface area (Å²) in [4.78, 5) is 51.3. The molecule has 0 fully saturated rings. The van der Waals surface area contributed by atoms with E-state index >= 15 is 0 Å². The van der Waals surface area contributed by atoms with Crippen LogP contribution >= 0.6 is 0 Å². The Morgan fingerprint density at radius 2 is 1.05 bits per heavy atom. The summed E-state index contributed by atoms with van der Waals surface area (Å²) in [5.41, 5.74) is 0.340. The molecular formula is C49H75NO7. The molecule has 8 heteroatoms. The van der Waals surface area contributed by atoms with Crippen molar-refractivity contribution in [2.45, 2.75) is 188 Å². The molecule has 1 N–H and O–H groups in total. The van der Waals surface area contributed by atoms with Crippen LogP contribution in [-0.4, -0.2) is 30.1 Å². The number of amides is 1. The molecule has 1 aromatic rings. The molecule has 318 valence electrons. The van der Waals surface area contributed by atoms with Crippen LogP contribution in [0.2, 0.25) is 0 Å². The second-order valence-corrected chi connectivity index (χ2v) is 14.5. The number of anilines is 1. The van der Waals surface area contributed by atoms with Crippen LogP contribution in [0, 0.1) is 0 Å². The van der Waals surface area contributed by atoms with E-state index in [0.717, 1.165) is 83.5 Å². The highest BCUT2D eigenvalue weighted by Crippen LogP contribution is 2.26. The molecule has 0 aliphatic carbocycles. The van der Waals surface area contributed by atoms with E-state index in [9.17, 15) is 19.2 Å². The number of unbranched alkanes of at least 4 members (excludes halogenated alkanes) is 13. The predicted molar refractivity (Wildman–Crippen MR) is 235 cm³/mol. The molecule has 0 radical (unpaired) electrons. The lowest BCUT2D eigenvalue weighted by molar-refractivity contribution is -0.165. The average Bonchev–Trinajstić information content (AvgIpc) is 3.18. The predicted octanol–water partition coefficient (Wildman–Crippen LogP) is 13.8. The number of benzene rings is 1. The maximum atomic E-state index is 13.3. The Hall–Kier alpha value is -4.20. The number of hydrogen-bond donors (Lipinski definition) is 1. The first kappa shape index (κ1) is 50.8. The van der Waals surface area contributed by atoms with Gasteiger partial charge in [-0.1, -0.05) is 159 Å². The number of ether oxygens (including phenoxy) is 3. The van der Waals surface area contributed by atoms with Crippen LogP contribution in [0.25, 0.3) is 0 Å². The SMILES string of the molecule is CC/C=C\C/C=C\C/C=C\C/C=C\C/C=C\CCCC(=O)Nc1ccc(OC(=O)CCCCCCCCCCC)c(C(=O)OC(C)OC(=O)CCCCCCC)c1. The second kappa shape index (κ2) is 36.2. The summed E-state index contributed by atoms with van der Waals surface area (Å²) in [6.45, 7) is 7.96. The Morgan fingerprint density at radius 3 is 1.60 bits per heavy atom. The Kier molecular flexibility index (Phi) is 32.2. The summed E-state index contributed by atoms with van der Waals surface area (Å²) in [6.07, 6.45) is 42.5. The van der Waals surface area contributed by atoms with E-state index in [1.807, 2.05) is 0 Å². The van der Waals surface area contributed by atoms with Crippen LogP contribution in [0.3, 0.4) is 0 Å². The Morgan fingerprint density at radius 1 is 0.561 bits per heavy atom. The summed E-state index contributed by atoms with van der Waals surface area (Å²) in [6, 6.07) is 4.53. The first-order valence-electron chi connectivity index (χ1n) is 22.1. The third-order valence-corrected chi connectivity index (χ3v) is 9.18. The molecule has 57 heavy (non-hydrogen) atoms. The maximum absolute atomic E-state index is 13.3. The zero-order valence-electron chi connectivity index (χ0n) is 35.9. The molecule has 1 aromatic carbocycles. The van der Waals surface area contributed by atoms with Gasteiger partial charge in [-0.3, -0.25) is 14.4 Å². The van der Waals surface area contributed by atoms with Gasteiger partial charge in [-0.25, -0.2) is 4.79 Å². The summed E-state index contributed by atoms with van der Waals surface area (Å²) >= 11 is 0. The monoisotopic (exact) mass is 790 g/mol. The van der Waals surface area contributed by atoms with Crippen LogP contribution < -0.4 is 10.1 Å². The van der Waals surface area contributed by atoms with Crippen LogP contribution in [-0.2, 0) is 23.9 Å². The van der Waals surface area contributed by atoms with Gasteiger partial charge in [-0.2, -0.15) is 0 Å². The normalized spacial score (nSPS) is 12.4. The van der Waals surface area contributed by atoms with Gasteiger partial charge >= 0.3 is 17.9 Å². The molecule has 0 saturated carbocycles. The molecule has 0 aromatic heterocycles. The summed E-state index contributed by atoms with van der Waals surface area (Å²) in [5, 5.41) is 2.84. The third kappa shape index (κ3) is 29.7. The molecule has 1 unspecified atom stereocenters. The van der Waals surface area contributed by atoms with E-state index in [4.69, 9.17) is 14.2 Å². The van der Waals surface area contributed by atoms with Gasteiger partial charge in [-0.15, -0.1) is 0 Å².